The van der Waals surface area contributed by atoms with Gasteiger partial charge in [0, 0.05) is 52.4 Å². The molecule has 2 unspecified atom stereocenters. The minimum atomic E-state index is 0.124. The van der Waals surface area contributed by atoms with E-state index in [9.17, 15) is 4.79 Å². The van der Waals surface area contributed by atoms with Gasteiger partial charge in [-0.1, -0.05) is 24.3 Å². The normalized spacial score (nSPS) is 21.7. The molecule has 5 nitrogen and oxygen atoms in total. The standard InChI is InChI=1S/C23H21N3O2S/c27-23-22-20(25-9-11-28-12-10-25)14-29-21(22)7-8-26(23)19-13-16(19)18-6-5-15-3-1-2-4-17(15)24-18/h1-8,14,16,19H,9-13H2. The van der Waals surface area contributed by atoms with E-state index in [4.69, 9.17) is 9.72 Å². The summed E-state index contributed by atoms with van der Waals surface area (Å²) in [6.45, 7) is 3.12. The van der Waals surface area contributed by atoms with E-state index in [1.165, 1.54) is 0 Å². The zero-order valence-electron chi connectivity index (χ0n) is 16.0. The van der Waals surface area contributed by atoms with Crippen LogP contribution in [0.4, 0.5) is 5.69 Å². The van der Waals surface area contributed by atoms with Gasteiger partial charge in [0.15, 0.2) is 0 Å². The number of ether oxygens (including phenoxy) is 1. The second-order valence-corrected chi connectivity index (χ2v) is 8.74. The zero-order valence-corrected chi connectivity index (χ0v) is 16.8. The maximum Gasteiger partial charge on any atom is 0.261 e. The Kier molecular flexibility index (Phi) is 3.96. The molecule has 0 radical (unpaired) electrons. The molecule has 2 atom stereocenters. The maximum atomic E-state index is 13.4. The third kappa shape index (κ3) is 2.86. The number of para-hydroxylation sites is 1. The molecule has 2 aliphatic rings. The van der Waals surface area contributed by atoms with E-state index in [0.717, 1.165) is 65.1 Å². The lowest BCUT2D eigenvalue weighted by atomic mass is 10.1. The third-order valence-corrected chi connectivity index (χ3v) is 7.04. The fourth-order valence-corrected chi connectivity index (χ4v) is 5.39. The summed E-state index contributed by atoms with van der Waals surface area (Å²) < 4.78 is 8.47. The number of anilines is 1. The summed E-state index contributed by atoms with van der Waals surface area (Å²) in [5.41, 5.74) is 3.29. The van der Waals surface area contributed by atoms with E-state index in [1.54, 1.807) is 11.3 Å². The Morgan fingerprint density at radius 1 is 1.07 bits per heavy atom. The van der Waals surface area contributed by atoms with Gasteiger partial charge in [-0.3, -0.25) is 9.78 Å². The predicted octanol–water partition coefficient (Wildman–Crippen LogP) is 4.18. The zero-order chi connectivity index (χ0) is 19.4. The molecule has 0 spiro atoms. The molecule has 3 aromatic heterocycles. The summed E-state index contributed by atoms with van der Waals surface area (Å²) in [4.78, 5) is 20.5. The number of nitrogens with zero attached hydrogens (tertiary/aromatic N) is 3. The summed E-state index contributed by atoms with van der Waals surface area (Å²) in [7, 11) is 0. The Morgan fingerprint density at radius 2 is 1.93 bits per heavy atom. The molecule has 4 aromatic rings. The molecular weight excluding hydrogens is 382 g/mol. The number of rotatable bonds is 3. The van der Waals surface area contributed by atoms with Crippen LogP contribution in [0.5, 0.6) is 0 Å². The van der Waals surface area contributed by atoms with Crippen molar-refractivity contribution in [2.45, 2.75) is 18.4 Å². The largest absolute Gasteiger partial charge is 0.378 e. The smallest absolute Gasteiger partial charge is 0.261 e. The van der Waals surface area contributed by atoms with E-state index in [-0.39, 0.29) is 11.6 Å². The fourth-order valence-electron chi connectivity index (χ4n) is 4.44. The van der Waals surface area contributed by atoms with Crippen LogP contribution >= 0.6 is 11.3 Å². The van der Waals surface area contributed by atoms with Crippen molar-refractivity contribution in [3.63, 3.8) is 0 Å². The van der Waals surface area contributed by atoms with Crippen molar-refractivity contribution in [2.24, 2.45) is 0 Å². The topological polar surface area (TPSA) is 47.4 Å². The number of hydrogen-bond acceptors (Lipinski definition) is 5. The molecule has 1 aliphatic heterocycles. The molecule has 0 amide bonds. The molecule has 1 saturated carbocycles. The van der Waals surface area contributed by atoms with Gasteiger partial charge in [-0.15, -0.1) is 11.3 Å². The SMILES string of the molecule is O=c1c2c(N3CCOCC3)csc2ccn1C1CC1c1ccc2ccccc2n1. The number of morpholine rings is 1. The van der Waals surface area contributed by atoms with Crippen molar-refractivity contribution < 1.29 is 4.74 Å². The molecular formula is C23H21N3O2S. The number of hydrogen-bond donors (Lipinski definition) is 0. The van der Waals surface area contributed by atoms with Crippen molar-refractivity contribution in [1.29, 1.82) is 0 Å². The highest BCUT2D eigenvalue weighted by atomic mass is 32.1. The van der Waals surface area contributed by atoms with Crippen LogP contribution in [0.15, 0.2) is 58.8 Å². The lowest BCUT2D eigenvalue weighted by molar-refractivity contribution is 0.123. The predicted molar refractivity (Wildman–Crippen MR) is 117 cm³/mol. The Labute approximate surface area is 172 Å². The van der Waals surface area contributed by atoms with E-state index < -0.39 is 0 Å². The number of fused-ring (bicyclic) bond motifs is 2. The first-order chi connectivity index (χ1) is 14.3. The van der Waals surface area contributed by atoms with Gasteiger partial charge in [0.2, 0.25) is 0 Å². The quantitative estimate of drug-likeness (QED) is 0.515. The van der Waals surface area contributed by atoms with E-state index >= 15 is 0 Å². The van der Waals surface area contributed by atoms with Crippen LogP contribution in [0, 0.1) is 0 Å². The third-order valence-electron chi connectivity index (χ3n) is 6.10. The Morgan fingerprint density at radius 3 is 2.83 bits per heavy atom. The van der Waals surface area contributed by atoms with E-state index in [1.807, 2.05) is 22.9 Å². The first-order valence-corrected chi connectivity index (χ1v) is 11.0. The molecule has 2 fully saturated rings. The number of pyridine rings is 2. The van der Waals surface area contributed by atoms with Gasteiger partial charge in [0.25, 0.3) is 5.56 Å². The molecule has 0 N–H and O–H groups in total. The van der Waals surface area contributed by atoms with Gasteiger partial charge in [0.1, 0.15) is 0 Å². The maximum absolute atomic E-state index is 13.4. The Hall–Kier alpha value is -2.70. The summed E-state index contributed by atoms with van der Waals surface area (Å²) in [5.74, 6) is 0.306. The van der Waals surface area contributed by atoms with Gasteiger partial charge in [-0.2, -0.15) is 0 Å². The van der Waals surface area contributed by atoms with Gasteiger partial charge in [-0.25, -0.2) is 0 Å². The Bertz CT molecular complexity index is 1270. The van der Waals surface area contributed by atoms with Crippen molar-refractivity contribution in [1.82, 2.24) is 9.55 Å². The first-order valence-electron chi connectivity index (χ1n) is 10.1. The van der Waals surface area contributed by atoms with Gasteiger partial charge in [0.05, 0.1) is 29.8 Å². The highest BCUT2D eigenvalue weighted by molar-refractivity contribution is 7.17. The highest BCUT2D eigenvalue weighted by Gasteiger charge is 2.42. The highest BCUT2D eigenvalue weighted by Crippen LogP contribution is 2.50. The lowest BCUT2D eigenvalue weighted by Gasteiger charge is -2.28. The second-order valence-electron chi connectivity index (χ2n) is 7.83. The number of thiophene rings is 1. The van der Waals surface area contributed by atoms with Crippen LogP contribution in [-0.2, 0) is 4.74 Å². The van der Waals surface area contributed by atoms with Gasteiger partial charge in [-0.05, 0) is 24.6 Å². The molecule has 146 valence electrons. The van der Waals surface area contributed by atoms with Crippen molar-refractivity contribution >= 4 is 38.0 Å². The molecule has 0 bridgehead atoms. The molecule has 4 heterocycles. The fraction of sp³-hybridized carbons (Fsp3) is 0.304. The van der Waals surface area contributed by atoms with Gasteiger partial charge < -0.3 is 14.2 Å². The first kappa shape index (κ1) is 17.2. The molecule has 29 heavy (non-hydrogen) atoms. The summed E-state index contributed by atoms with van der Waals surface area (Å²) in [6.07, 6.45) is 2.93. The summed E-state index contributed by atoms with van der Waals surface area (Å²) >= 11 is 1.65. The van der Waals surface area contributed by atoms with Gasteiger partial charge >= 0.3 is 0 Å². The number of benzene rings is 1. The minimum absolute atomic E-state index is 0.124. The van der Waals surface area contributed by atoms with Crippen LogP contribution in [0.1, 0.15) is 24.1 Å². The van der Waals surface area contributed by atoms with Crippen molar-refractivity contribution in [3.8, 4) is 0 Å². The van der Waals surface area contributed by atoms with Crippen LogP contribution in [0.3, 0.4) is 0 Å². The lowest BCUT2D eigenvalue weighted by Crippen LogP contribution is -2.36. The minimum Gasteiger partial charge on any atom is -0.378 e. The monoisotopic (exact) mass is 403 g/mol. The van der Waals surface area contributed by atoms with Crippen LogP contribution in [-0.4, -0.2) is 35.9 Å². The summed E-state index contributed by atoms with van der Waals surface area (Å²) in [5, 5.41) is 4.13. The molecule has 1 aromatic carbocycles. The van der Waals surface area contributed by atoms with Crippen molar-refractivity contribution in [3.05, 3.63) is 70.1 Å². The second kappa shape index (κ2) is 6.68. The van der Waals surface area contributed by atoms with Crippen LogP contribution < -0.4 is 10.5 Å². The molecule has 1 aliphatic carbocycles. The number of aromatic nitrogens is 2. The average Bonchev–Trinajstić information content (AvgIpc) is 3.44. The van der Waals surface area contributed by atoms with Crippen LogP contribution in [0.2, 0.25) is 0 Å². The van der Waals surface area contributed by atoms with Crippen molar-refractivity contribution in [2.75, 3.05) is 31.2 Å². The van der Waals surface area contributed by atoms with Crippen LogP contribution in [0.25, 0.3) is 21.0 Å². The van der Waals surface area contributed by atoms with E-state index in [2.05, 4.69) is 40.6 Å². The van der Waals surface area contributed by atoms with E-state index in [0.29, 0.717) is 5.92 Å². The average molecular weight is 404 g/mol. The molecule has 6 heteroatoms. The molecule has 6 rings (SSSR count). The Balaban J connectivity index is 1.36. The summed E-state index contributed by atoms with van der Waals surface area (Å²) in [6, 6.07) is 14.7. The molecule has 1 saturated heterocycles.